The Hall–Kier alpha value is -0.540. The van der Waals surface area contributed by atoms with Gasteiger partial charge in [-0.2, -0.15) is 0 Å². The molecule has 0 aliphatic rings. The van der Waals surface area contributed by atoms with Crippen LogP contribution in [0.2, 0.25) is 0 Å². The normalized spacial score (nSPS) is 11.8. The van der Waals surface area contributed by atoms with Crippen molar-refractivity contribution in [3.63, 3.8) is 0 Å². The van der Waals surface area contributed by atoms with Crippen LogP contribution >= 0.6 is 15.9 Å². The number of methoxy groups -OCH3 is 1. The molecule has 1 rings (SSSR count). The van der Waals surface area contributed by atoms with Crippen molar-refractivity contribution >= 4 is 15.9 Å². The van der Waals surface area contributed by atoms with Crippen LogP contribution in [0.15, 0.2) is 4.47 Å². The number of rotatable bonds is 4. The molecule has 18 heavy (non-hydrogen) atoms. The lowest BCUT2D eigenvalue weighted by atomic mass is 9.83. The fourth-order valence-corrected chi connectivity index (χ4v) is 2.72. The van der Waals surface area contributed by atoms with Crippen LogP contribution in [0.4, 0.5) is 0 Å². The van der Waals surface area contributed by atoms with E-state index in [0.717, 1.165) is 12.2 Å². The lowest BCUT2D eigenvalue weighted by Gasteiger charge is -2.27. The first-order chi connectivity index (χ1) is 8.25. The van der Waals surface area contributed by atoms with Crippen LogP contribution in [0.25, 0.3) is 0 Å². The molecule has 1 aromatic rings. The van der Waals surface area contributed by atoms with Gasteiger partial charge in [-0.1, -0.05) is 29.8 Å². The number of nitrogens with two attached hydrogens (primary N) is 1. The Bertz CT molecular complexity index is 453. The Kier molecular flexibility index (Phi) is 4.84. The summed E-state index contributed by atoms with van der Waals surface area (Å²) in [5, 5.41) is 0. The molecule has 0 aliphatic carbocycles. The Labute approximate surface area is 119 Å². The summed E-state index contributed by atoms with van der Waals surface area (Å²) in [4.78, 5) is 0. The molecule has 0 saturated heterocycles. The Morgan fingerprint density at radius 3 is 2.11 bits per heavy atom. The highest BCUT2D eigenvalue weighted by Crippen LogP contribution is 2.38. The van der Waals surface area contributed by atoms with Crippen LogP contribution in [0.3, 0.4) is 0 Å². The summed E-state index contributed by atoms with van der Waals surface area (Å²) >= 11 is 3.69. The zero-order chi connectivity index (χ0) is 14.1. The van der Waals surface area contributed by atoms with E-state index in [9.17, 15) is 0 Å². The molecule has 0 amide bonds. The van der Waals surface area contributed by atoms with Crippen molar-refractivity contribution < 1.29 is 4.74 Å². The van der Waals surface area contributed by atoms with Gasteiger partial charge in [0.15, 0.2) is 0 Å². The SMILES string of the molecule is COc1c(C)c(C)c(Br)c(C)c1CC(C)(C)CN. The third kappa shape index (κ3) is 2.89. The predicted molar refractivity (Wildman–Crippen MR) is 81.4 cm³/mol. The maximum Gasteiger partial charge on any atom is 0.125 e. The van der Waals surface area contributed by atoms with Crippen LogP contribution in [0.1, 0.15) is 36.1 Å². The summed E-state index contributed by atoms with van der Waals surface area (Å²) in [7, 11) is 1.74. The molecule has 0 atom stereocenters. The van der Waals surface area contributed by atoms with E-state index < -0.39 is 0 Å². The molecular formula is C15H24BrNO. The highest BCUT2D eigenvalue weighted by molar-refractivity contribution is 9.10. The number of halogens is 1. The summed E-state index contributed by atoms with van der Waals surface area (Å²) in [6.07, 6.45) is 0.929. The number of benzene rings is 1. The zero-order valence-electron chi connectivity index (χ0n) is 12.3. The van der Waals surface area contributed by atoms with Gasteiger partial charge in [-0.15, -0.1) is 0 Å². The molecule has 0 unspecified atom stereocenters. The number of ether oxygens (including phenoxy) is 1. The van der Waals surface area contributed by atoms with E-state index in [1.807, 2.05) is 0 Å². The molecule has 1 aromatic carbocycles. The first kappa shape index (κ1) is 15.5. The molecule has 0 spiro atoms. The first-order valence-electron chi connectivity index (χ1n) is 6.27. The van der Waals surface area contributed by atoms with Crippen LogP contribution < -0.4 is 10.5 Å². The molecule has 0 aromatic heterocycles. The van der Waals surface area contributed by atoms with E-state index >= 15 is 0 Å². The standard InChI is InChI=1S/C15H24BrNO/c1-9-10(2)14(18-6)12(11(3)13(9)16)7-15(4,5)8-17/h7-8,17H2,1-6H3. The highest BCUT2D eigenvalue weighted by Gasteiger charge is 2.23. The lowest BCUT2D eigenvalue weighted by Crippen LogP contribution is -2.26. The quantitative estimate of drug-likeness (QED) is 0.914. The molecule has 3 heteroatoms. The van der Waals surface area contributed by atoms with Gasteiger partial charge in [0, 0.05) is 4.47 Å². The summed E-state index contributed by atoms with van der Waals surface area (Å²) in [5.41, 5.74) is 10.9. The largest absolute Gasteiger partial charge is 0.496 e. The molecule has 0 heterocycles. The lowest BCUT2D eigenvalue weighted by molar-refractivity contribution is 0.356. The second kappa shape index (κ2) is 5.62. The van der Waals surface area contributed by atoms with Crippen molar-refractivity contribution in [3.05, 3.63) is 26.7 Å². The molecule has 2 nitrogen and oxygen atoms in total. The van der Waals surface area contributed by atoms with Gasteiger partial charge in [0.05, 0.1) is 7.11 Å². The second-order valence-electron chi connectivity index (χ2n) is 5.75. The summed E-state index contributed by atoms with van der Waals surface area (Å²) in [6.45, 7) is 11.4. The van der Waals surface area contributed by atoms with Gasteiger partial charge in [-0.3, -0.25) is 0 Å². The van der Waals surface area contributed by atoms with E-state index in [1.165, 1.54) is 26.7 Å². The van der Waals surface area contributed by atoms with E-state index in [4.69, 9.17) is 10.5 Å². The third-order valence-corrected chi connectivity index (χ3v) is 4.89. The van der Waals surface area contributed by atoms with Gasteiger partial charge in [-0.25, -0.2) is 0 Å². The molecule has 0 saturated carbocycles. The topological polar surface area (TPSA) is 35.2 Å². The van der Waals surface area contributed by atoms with Gasteiger partial charge >= 0.3 is 0 Å². The molecular weight excluding hydrogens is 290 g/mol. The minimum Gasteiger partial charge on any atom is -0.496 e. The van der Waals surface area contributed by atoms with E-state index in [2.05, 4.69) is 50.5 Å². The maximum absolute atomic E-state index is 5.85. The van der Waals surface area contributed by atoms with Gasteiger partial charge < -0.3 is 10.5 Å². The van der Waals surface area contributed by atoms with Crippen molar-refractivity contribution in [2.45, 2.75) is 41.0 Å². The summed E-state index contributed by atoms with van der Waals surface area (Å²) < 4.78 is 6.81. The van der Waals surface area contributed by atoms with Crippen LogP contribution in [-0.4, -0.2) is 13.7 Å². The Morgan fingerprint density at radius 2 is 1.67 bits per heavy atom. The second-order valence-corrected chi connectivity index (χ2v) is 6.54. The van der Waals surface area contributed by atoms with Crippen molar-refractivity contribution in [1.82, 2.24) is 0 Å². The van der Waals surface area contributed by atoms with E-state index in [-0.39, 0.29) is 5.41 Å². The number of hydrogen-bond donors (Lipinski definition) is 1. The van der Waals surface area contributed by atoms with Gasteiger partial charge in [0.25, 0.3) is 0 Å². The van der Waals surface area contributed by atoms with Gasteiger partial charge in [-0.05, 0) is 61.4 Å². The molecule has 2 N–H and O–H groups in total. The molecule has 0 aliphatic heterocycles. The van der Waals surface area contributed by atoms with E-state index in [1.54, 1.807) is 7.11 Å². The Morgan fingerprint density at radius 1 is 1.11 bits per heavy atom. The zero-order valence-corrected chi connectivity index (χ0v) is 13.9. The smallest absolute Gasteiger partial charge is 0.125 e. The fourth-order valence-electron chi connectivity index (χ4n) is 2.19. The van der Waals surface area contributed by atoms with Crippen LogP contribution in [0, 0.1) is 26.2 Å². The Balaban J connectivity index is 3.43. The van der Waals surface area contributed by atoms with Gasteiger partial charge in [0.1, 0.15) is 5.75 Å². The van der Waals surface area contributed by atoms with Gasteiger partial charge in [0.2, 0.25) is 0 Å². The van der Waals surface area contributed by atoms with Crippen molar-refractivity contribution in [2.24, 2.45) is 11.1 Å². The van der Waals surface area contributed by atoms with Crippen LogP contribution in [-0.2, 0) is 6.42 Å². The third-order valence-electron chi connectivity index (χ3n) is 3.70. The maximum atomic E-state index is 5.85. The minimum atomic E-state index is 0.0825. The molecule has 0 bridgehead atoms. The number of hydrogen-bond acceptors (Lipinski definition) is 2. The van der Waals surface area contributed by atoms with Crippen LogP contribution in [0.5, 0.6) is 5.75 Å². The van der Waals surface area contributed by atoms with E-state index in [0.29, 0.717) is 6.54 Å². The predicted octanol–water partition coefficient (Wildman–Crippen LogP) is 3.91. The first-order valence-corrected chi connectivity index (χ1v) is 7.06. The summed E-state index contributed by atoms with van der Waals surface area (Å²) in [6, 6.07) is 0. The summed E-state index contributed by atoms with van der Waals surface area (Å²) in [5.74, 6) is 1.01. The fraction of sp³-hybridized carbons (Fsp3) is 0.600. The average Bonchev–Trinajstić information content (AvgIpc) is 2.33. The average molecular weight is 314 g/mol. The highest BCUT2D eigenvalue weighted by atomic mass is 79.9. The molecule has 0 fully saturated rings. The molecule has 102 valence electrons. The minimum absolute atomic E-state index is 0.0825. The molecule has 0 radical (unpaired) electrons. The van der Waals surface area contributed by atoms with Crippen molar-refractivity contribution in [1.29, 1.82) is 0 Å². The van der Waals surface area contributed by atoms with Crippen molar-refractivity contribution in [2.75, 3.05) is 13.7 Å². The monoisotopic (exact) mass is 313 g/mol. The van der Waals surface area contributed by atoms with Crippen molar-refractivity contribution in [3.8, 4) is 5.75 Å².